The van der Waals surface area contributed by atoms with Gasteiger partial charge in [0.25, 0.3) is 0 Å². The van der Waals surface area contributed by atoms with Crippen molar-refractivity contribution < 1.29 is 0 Å². The van der Waals surface area contributed by atoms with Crippen LogP contribution in [0.25, 0.3) is 0 Å². The molecule has 0 spiro atoms. The first-order valence-corrected chi connectivity index (χ1v) is 8.09. The summed E-state index contributed by atoms with van der Waals surface area (Å²) in [6.45, 7) is 2.03. The normalized spacial score (nSPS) is 39.9. The molecule has 4 bridgehead atoms. The minimum absolute atomic E-state index is 0.647. The van der Waals surface area contributed by atoms with Crippen molar-refractivity contribution in [2.24, 2.45) is 28.9 Å². The summed E-state index contributed by atoms with van der Waals surface area (Å²) in [6, 6.07) is 2.26. The van der Waals surface area contributed by atoms with Gasteiger partial charge < -0.3 is 10.3 Å². The lowest BCUT2D eigenvalue weighted by Crippen LogP contribution is -2.47. The molecule has 2 N–H and O–H groups in total. The van der Waals surface area contributed by atoms with Crippen LogP contribution in [0.4, 0.5) is 0 Å². The molecule has 0 atom stereocenters. The largest absolute Gasteiger partial charge is 0.353 e. The minimum atomic E-state index is 0.647. The summed E-state index contributed by atoms with van der Waals surface area (Å²) in [6.07, 6.45) is 14.8. The second-order valence-electron chi connectivity index (χ2n) is 7.65. The van der Waals surface area contributed by atoms with Crippen LogP contribution in [0.2, 0.25) is 0 Å². The van der Waals surface area contributed by atoms with Crippen LogP contribution in [-0.2, 0) is 13.0 Å². The van der Waals surface area contributed by atoms with Gasteiger partial charge >= 0.3 is 0 Å². The molecule has 4 aliphatic carbocycles. The molecule has 0 amide bonds. The zero-order valence-electron chi connectivity index (χ0n) is 11.9. The van der Waals surface area contributed by atoms with Crippen molar-refractivity contribution in [3.05, 3.63) is 24.0 Å². The lowest BCUT2D eigenvalue weighted by molar-refractivity contribution is -0.0618. The summed E-state index contributed by atoms with van der Waals surface area (Å²) in [7, 11) is 0. The second kappa shape index (κ2) is 4.37. The number of hydrogen-bond donors (Lipinski definition) is 1. The van der Waals surface area contributed by atoms with Crippen molar-refractivity contribution in [3.8, 4) is 0 Å². The Morgan fingerprint density at radius 2 is 1.74 bits per heavy atom. The Labute approximate surface area is 116 Å². The Bertz CT molecular complexity index is 424. The van der Waals surface area contributed by atoms with Gasteiger partial charge in [-0.2, -0.15) is 0 Å². The predicted octanol–water partition coefficient (Wildman–Crippen LogP) is 3.21. The lowest BCUT2D eigenvalue weighted by atomic mass is 9.49. The smallest absolute Gasteiger partial charge is 0.0276 e. The van der Waals surface area contributed by atoms with E-state index < -0.39 is 0 Å². The highest BCUT2D eigenvalue weighted by Crippen LogP contribution is 2.60. The van der Waals surface area contributed by atoms with Crippen LogP contribution in [0.15, 0.2) is 18.5 Å². The minimum Gasteiger partial charge on any atom is -0.353 e. The van der Waals surface area contributed by atoms with E-state index in [-0.39, 0.29) is 0 Å². The molecule has 0 unspecified atom stereocenters. The van der Waals surface area contributed by atoms with Crippen LogP contribution in [0, 0.1) is 23.2 Å². The summed E-state index contributed by atoms with van der Waals surface area (Å²) in [4.78, 5) is 0. The average Bonchev–Trinajstić information content (AvgIpc) is 2.74. The van der Waals surface area contributed by atoms with Crippen LogP contribution >= 0.6 is 0 Å². The Morgan fingerprint density at radius 1 is 1.11 bits per heavy atom. The molecule has 4 saturated carbocycles. The summed E-state index contributed by atoms with van der Waals surface area (Å²) in [5.74, 6) is 3.18. The number of aromatic nitrogens is 1. The third kappa shape index (κ3) is 2.14. The van der Waals surface area contributed by atoms with Gasteiger partial charge in [-0.25, -0.2) is 0 Å². The van der Waals surface area contributed by atoms with E-state index in [9.17, 15) is 0 Å². The van der Waals surface area contributed by atoms with Crippen molar-refractivity contribution in [1.29, 1.82) is 0 Å². The van der Waals surface area contributed by atoms with E-state index in [1.807, 2.05) is 0 Å². The molecule has 2 heteroatoms. The molecule has 0 saturated heterocycles. The highest BCUT2D eigenvalue weighted by atomic mass is 15.0. The SMILES string of the molecule is NCCc1ccn(CC23CC4CC(CC(C4)C2)C3)c1. The topological polar surface area (TPSA) is 30.9 Å². The average molecular weight is 258 g/mol. The van der Waals surface area contributed by atoms with E-state index >= 15 is 0 Å². The highest BCUT2D eigenvalue weighted by molar-refractivity contribution is 5.12. The Balaban J connectivity index is 1.52. The lowest BCUT2D eigenvalue weighted by Gasteiger charge is -2.57. The molecular formula is C17H26N2. The molecule has 1 aromatic heterocycles. The number of rotatable bonds is 4. The van der Waals surface area contributed by atoms with Gasteiger partial charge in [-0.1, -0.05) is 0 Å². The molecule has 104 valence electrons. The van der Waals surface area contributed by atoms with Gasteiger partial charge in [0.05, 0.1) is 0 Å². The third-order valence-corrected chi connectivity index (χ3v) is 5.93. The molecule has 1 heterocycles. The summed E-state index contributed by atoms with van der Waals surface area (Å²) >= 11 is 0. The Kier molecular flexibility index (Phi) is 2.77. The fourth-order valence-corrected chi connectivity index (χ4v) is 5.77. The van der Waals surface area contributed by atoms with Crippen molar-refractivity contribution >= 4 is 0 Å². The van der Waals surface area contributed by atoms with E-state index in [1.54, 1.807) is 19.3 Å². The van der Waals surface area contributed by atoms with E-state index in [4.69, 9.17) is 5.73 Å². The molecule has 0 aliphatic heterocycles. The van der Waals surface area contributed by atoms with Gasteiger partial charge in [-0.3, -0.25) is 0 Å². The van der Waals surface area contributed by atoms with Crippen LogP contribution in [-0.4, -0.2) is 11.1 Å². The van der Waals surface area contributed by atoms with Crippen molar-refractivity contribution in [2.75, 3.05) is 6.54 Å². The van der Waals surface area contributed by atoms with Crippen LogP contribution in [0.1, 0.15) is 44.1 Å². The molecule has 4 aliphatic rings. The molecule has 5 rings (SSSR count). The number of hydrogen-bond acceptors (Lipinski definition) is 1. The van der Waals surface area contributed by atoms with E-state index in [0.29, 0.717) is 5.41 Å². The van der Waals surface area contributed by atoms with Crippen LogP contribution < -0.4 is 5.73 Å². The number of nitrogens with zero attached hydrogens (tertiary/aromatic N) is 1. The molecule has 1 aromatic rings. The van der Waals surface area contributed by atoms with Crippen molar-refractivity contribution in [2.45, 2.75) is 51.5 Å². The van der Waals surface area contributed by atoms with Crippen LogP contribution in [0.5, 0.6) is 0 Å². The first-order valence-electron chi connectivity index (χ1n) is 8.09. The molecule has 4 fully saturated rings. The Morgan fingerprint density at radius 3 is 2.32 bits per heavy atom. The molecule has 0 radical (unpaired) electrons. The van der Waals surface area contributed by atoms with Gasteiger partial charge in [0.15, 0.2) is 0 Å². The zero-order chi connectivity index (χ0) is 12.9. The van der Waals surface area contributed by atoms with Gasteiger partial charge in [0, 0.05) is 18.9 Å². The first-order chi connectivity index (χ1) is 9.25. The Hall–Kier alpha value is -0.760. The second-order valence-corrected chi connectivity index (χ2v) is 7.65. The third-order valence-electron chi connectivity index (χ3n) is 5.93. The van der Waals surface area contributed by atoms with Gasteiger partial charge in [-0.05, 0) is 86.3 Å². The zero-order valence-corrected chi connectivity index (χ0v) is 11.9. The maximum atomic E-state index is 5.65. The molecule has 19 heavy (non-hydrogen) atoms. The standard InChI is InChI=1S/C17H26N2/c18-3-1-13-2-4-19(11-13)12-17-8-14-5-15(9-17)7-16(6-14)10-17/h2,4,11,14-16H,1,3,5-10,12,18H2. The molecule has 0 aromatic carbocycles. The van der Waals surface area contributed by atoms with Crippen molar-refractivity contribution in [3.63, 3.8) is 0 Å². The van der Waals surface area contributed by atoms with Gasteiger partial charge in [0.2, 0.25) is 0 Å². The van der Waals surface area contributed by atoms with Crippen molar-refractivity contribution in [1.82, 2.24) is 4.57 Å². The van der Waals surface area contributed by atoms with E-state index in [1.165, 1.54) is 31.4 Å². The summed E-state index contributed by atoms with van der Waals surface area (Å²) in [5, 5.41) is 0. The maximum Gasteiger partial charge on any atom is 0.0276 e. The summed E-state index contributed by atoms with van der Waals surface area (Å²) in [5.41, 5.74) is 7.70. The first kappa shape index (κ1) is 12.0. The number of nitrogens with two attached hydrogens (primary N) is 1. The van der Waals surface area contributed by atoms with E-state index in [2.05, 4.69) is 23.0 Å². The monoisotopic (exact) mass is 258 g/mol. The fraction of sp³-hybridized carbons (Fsp3) is 0.765. The van der Waals surface area contributed by atoms with Gasteiger partial charge in [-0.15, -0.1) is 0 Å². The van der Waals surface area contributed by atoms with Crippen LogP contribution in [0.3, 0.4) is 0 Å². The van der Waals surface area contributed by atoms with Gasteiger partial charge in [0.1, 0.15) is 0 Å². The maximum absolute atomic E-state index is 5.65. The molecule has 2 nitrogen and oxygen atoms in total. The van der Waals surface area contributed by atoms with E-state index in [0.717, 1.165) is 30.7 Å². The molecular weight excluding hydrogens is 232 g/mol. The highest BCUT2D eigenvalue weighted by Gasteiger charge is 2.50. The fourth-order valence-electron chi connectivity index (χ4n) is 5.77. The quantitative estimate of drug-likeness (QED) is 0.883. The predicted molar refractivity (Wildman–Crippen MR) is 77.8 cm³/mol. The summed E-state index contributed by atoms with van der Waals surface area (Å²) < 4.78 is 2.46.